The quantitative estimate of drug-likeness (QED) is 0.394. The van der Waals surface area contributed by atoms with Crippen molar-refractivity contribution in [3.63, 3.8) is 0 Å². The van der Waals surface area contributed by atoms with Crippen LogP contribution in [-0.2, 0) is 26.7 Å². The van der Waals surface area contributed by atoms with Crippen molar-refractivity contribution in [3.05, 3.63) is 47.5 Å². The van der Waals surface area contributed by atoms with Crippen molar-refractivity contribution in [2.75, 3.05) is 0 Å². The molecule has 0 atom stereocenters. The second-order valence-electron chi connectivity index (χ2n) is 4.72. The van der Waals surface area contributed by atoms with Gasteiger partial charge in [-0.15, -0.1) is 0 Å². The molecule has 110 valence electrons. The van der Waals surface area contributed by atoms with E-state index < -0.39 is 20.2 Å². The molecule has 2 aromatic rings. The molecule has 0 aliphatic heterocycles. The standard InChI is InChI=1S/C13H10O6S2.Na/c14-20(15,16)10-1-3-12-8(6-10)5-9-7-11(21(17,18)19)2-4-13(9)12;/h1-4,6-7H,5H2,(H,14,15,16)(H,17,18,19);/q;+1/p-2. The average molecular weight is 347 g/mol. The van der Waals surface area contributed by atoms with Crippen LogP contribution >= 0.6 is 0 Å². The van der Waals surface area contributed by atoms with Crippen LogP contribution in [0.4, 0.5) is 0 Å². The van der Waals surface area contributed by atoms with E-state index >= 15 is 0 Å². The summed E-state index contributed by atoms with van der Waals surface area (Å²) >= 11 is 0. The molecule has 1 aliphatic rings. The molecule has 0 saturated heterocycles. The van der Waals surface area contributed by atoms with Gasteiger partial charge >= 0.3 is 29.6 Å². The first-order valence-electron chi connectivity index (χ1n) is 5.84. The monoisotopic (exact) mass is 347 g/mol. The van der Waals surface area contributed by atoms with Gasteiger partial charge in [0.1, 0.15) is 20.2 Å². The summed E-state index contributed by atoms with van der Waals surface area (Å²) in [6, 6.07) is 8.02. The van der Waals surface area contributed by atoms with Crippen molar-refractivity contribution in [1.29, 1.82) is 0 Å². The molecule has 6 nitrogen and oxygen atoms in total. The predicted octanol–water partition coefficient (Wildman–Crippen LogP) is -1.93. The van der Waals surface area contributed by atoms with Crippen molar-refractivity contribution in [2.45, 2.75) is 16.2 Å². The van der Waals surface area contributed by atoms with Crippen LogP contribution in [0.25, 0.3) is 11.1 Å². The molecule has 2 aromatic carbocycles. The Kier molecular flexibility index (Phi) is 4.58. The molecule has 0 amide bonds. The third-order valence-corrected chi connectivity index (χ3v) is 5.06. The van der Waals surface area contributed by atoms with Gasteiger partial charge in [0.05, 0.1) is 9.79 Å². The summed E-state index contributed by atoms with van der Waals surface area (Å²) in [5.74, 6) is 0. The number of benzene rings is 2. The predicted molar refractivity (Wildman–Crippen MR) is 70.6 cm³/mol. The first-order chi connectivity index (χ1) is 9.66. The maximum absolute atomic E-state index is 11.0. The van der Waals surface area contributed by atoms with Gasteiger partial charge in [0, 0.05) is 0 Å². The molecular formula is C13H8NaO6S2-. The largest absolute Gasteiger partial charge is 1.00 e. The molecular weight excluding hydrogens is 339 g/mol. The molecule has 0 bridgehead atoms. The molecule has 0 fully saturated rings. The van der Waals surface area contributed by atoms with Crippen molar-refractivity contribution < 1.29 is 55.5 Å². The Morgan fingerprint density at radius 3 is 1.41 bits per heavy atom. The van der Waals surface area contributed by atoms with E-state index in [1.54, 1.807) is 0 Å². The van der Waals surface area contributed by atoms with E-state index in [0.29, 0.717) is 11.1 Å². The zero-order valence-corrected chi connectivity index (χ0v) is 15.1. The Balaban J connectivity index is 0.00000176. The van der Waals surface area contributed by atoms with Gasteiger partial charge in [0.25, 0.3) is 0 Å². The van der Waals surface area contributed by atoms with Gasteiger partial charge in [-0.1, -0.05) is 12.1 Å². The smallest absolute Gasteiger partial charge is 0.744 e. The molecule has 3 rings (SSSR count). The minimum atomic E-state index is -4.54. The van der Waals surface area contributed by atoms with Gasteiger partial charge < -0.3 is 9.11 Å². The molecule has 0 aromatic heterocycles. The second-order valence-corrected chi connectivity index (χ2v) is 7.48. The topological polar surface area (TPSA) is 114 Å². The fraction of sp³-hybridized carbons (Fsp3) is 0.0769. The Bertz CT molecular complexity index is 885. The second kappa shape index (κ2) is 5.72. The Labute approximate surface area is 150 Å². The molecule has 0 N–H and O–H groups in total. The third kappa shape index (κ3) is 3.13. The average Bonchev–Trinajstić information content (AvgIpc) is 2.73. The SMILES string of the molecule is O=S(=O)([O-])c1ccc2c(c1)Cc1cc(S(=O)(=O)[O-])ccc1-2.[Na+]. The van der Waals surface area contributed by atoms with E-state index in [0.717, 1.165) is 11.1 Å². The first kappa shape index (κ1) is 17.6. The zero-order valence-electron chi connectivity index (χ0n) is 11.4. The fourth-order valence-electron chi connectivity index (χ4n) is 2.47. The van der Waals surface area contributed by atoms with Crippen molar-refractivity contribution in [2.24, 2.45) is 0 Å². The van der Waals surface area contributed by atoms with Crippen LogP contribution in [0.5, 0.6) is 0 Å². The molecule has 9 heteroatoms. The van der Waals surface area contributed by atoms with Crippen LogP contribution in [0.2, 0.25) is 0 Å². The Morgan fingerprint density at radius 2 is 1.09 bits per heavy atom. The first-order valence-corrected chi connectivity index (χ1v) is 8.66. The molecule has 0 saturated carbocycles. The van der Waals surface area contributed by atoms with Gasteiger partial charge in [0.2, 0.25) is 0 Å². The van der Waals surface area contributed by atoms with E-state index in [4.69, 9.17) is 0 Å². The molecule has 0 spiro atoms. The summed E-state index contributed by atoms with van der Waals surface area (Å²) < 4.78 is 66.1. The van der Waals surface area contributed by atoms with Crippen molar-refractivity contribution in [1.82, 2.24) is 0 Å². The Hall–Kier alpha value is -0.740. The van der Waals surface area contributed by atoms with E-state index in [1.165, 1.54) is 36.4 Å². The molecule has 1 aliphatic carbocycles. The zero-order chi connectivity index (χ0) is 15.4. The van der Waals surface area contributed by atoms with Gasteiger partial charge in [-0.3, -0.25) is 0 Å². The molecule has 22 heavy (non-hydrogen) atoms. The van der Waals surface area contributed by atoms with Crippen LogP contribution < -0.4 is 29.6 Å². The normalized spacial score (nSPS) is 13.2. The number of rotatable bonds is 2. The van der Waals surface area contributed by atoms with E-state index in [-0.39, 0.29) is 45.8 Å². The van der Waals surface area contributed by atoms with E-state index in [9.17, 15) is 25.9 Å². The van der Waals surface area contributed by atoms with Crippen molar-refractivity contribution in [3.8, 4) is 11.1 Å². The van der Waals surface area contributed by atoms with Crippen LogP contribution in [-0.4, -0.2) is 25.9 Å². The summed E-state index contributed by atoms with van der Waals surface area (Å²) in [5, 5.41) is 0. The summed E-state index contributed by atoms with van der Waals surface area (Å²) in [7, 11) is -9.08. The summed E-state index contributed by atoms with van der Waals surface area (Å²) in [5.41, 5.74) is 2.68. The summed E-state index contributed by atoms with van der Waals surface area (Å²) in [6.07, 6.45) is 0.275. The number of hydrogen-bond acceptors (Lipinski definition) is 6. The van der Waals surface area contributed by atoms with Crippen LogP contribution in [0.3, 0.4) is 0 Å². The van der Waals surface area contributed by atoms with Crippen LogP contribution in [0, 0.1) is 0 Å². The van der Waals surface area contributed by atoms with Gasteiger partial charge in [-0.05, 0) is 52.9 Å². The fourth-order valence-corrected chi connectivity index (χ4v) is 3.52. The van der Waals surface area contributed by atoms with Crippen LogP contribution in [0.15, 0.2) is 46.2 Å². The molecule has 0 radical (unpaired) electrons. The van der Waals surface area contributed by atoms with Gasteiger partial charge in [-0.2, -0.15) is 0 Å². The number of fused-ring (bicyclic) bond motifs is 3. The van der Waals surface area contributed by atoms with Crippen LogP contribution in [0.1, 0.15) is 11.1 Å². The Morgan fingerprint density at radius 1 is 0.727 bits per heavy atom. The third-order valence-electron chi connectivity index (χ3n) is 3.40. The maximum Gasteiger partial charge on any atom is 1.00 e. The minimum Gasteiger partial charge on any atom is -0.744 e. The van der Waals surface area contributed by atoms with E-state index in [1.807, 2.05) is 0 Å². The minimum absolute atomic E-state index is 0. The summed E-state index contributed by atoms with van der Waals surface area (Å²) in [4.78, 5) is -0.656. The molecule has 0 heterocycles. The van der Waals surface area contributed by atoms with Gasteiger partial charge in [0.15, 0.2) is 0 Å². The van der Waals surface area contributed by atoms with Crippen molar-refractivity contribution >= 4 is 20.2 Å². The van der Waals surface area contributed by atoms with Gasteiger partial charge in [-0.25, -0.2) is 16.8 Å². The summed E-state index contributed by atoms with van der Waals surface area (Å²) in [6.45, 7) is 0. The molecule has 0 unspecified atom stereocenters. The number of hydrogen-bond donors (Lipinski definition) is 0. The maximum atomic E-state index is 11.0. The van der Waals surface area contributed by atoms with E-state index in [2.05, 4.69) is 0 Å².